The van der Waals surface area contributed by atoms with Crippen molar-refractivity contribution in [2.45, 2.75) is 50.8 Å². The van der Waals surface area contributed by atoms with Gasteiger partial charge in [-0.3, -0.25) is 4.79 Å². The fourth-order valence-corrected chi connectivity index (χ4v) is 3.51. The van der Waals surface area contributed by atoms with Crippen molar-refractivity contribution in [3.8, 4) is 0 Å². The molecule has 4 heteroatoms. The van der Waals surface area contributed by atoms with E-state index in [-0.39, 0.29) is 24.1 Å². The van der Waals surface area contributed by atoms with Gasteiger partial charge in [0.1, 0.15) is 0 Å². The van der Waals surface area contributed by atoms with E-state index in [0.29, 0.717) is 12.3 Å². The molecule has 2 fully saturated rings. The third kappa shape index (κ3) is 3.11. The number of nitrogens with two attached hydrogens (primary N) is 1. The van der Waals surface area contributed by atoms with Crippen LogP contribution in [-0.2, 0) is 16.0 Å². The van der Waals surface area contributed by atoms with Crippen molar-refractivity contribution in [3.05, 3.63) is 35.4 Å². The summed E-state index contributed by atoms with van der Waals surface area (Å²) >= 11 is 0. The normalized spacial score (nSPS) is 31.1. The van der Waals surface area contributed by atoms with Crippen molar-refractivity contribution in [2.75, 3.05) is 6.61 Å². The molecule has 1 saturated heterocycles. The fraction of sp³-hybridized carbons (Fsp3) is 0.588. The van der Waals surface area contributed by atoms with Crippen molar-refractivity contribution >= 4 is 5.91 Å². The van der Waals surface area contributed by atoms with Gasteiger partial charge in [0.2, 0.25) is 5.91 Å². The molecule has 1 aromatic rings. The Morgan fingerprint density at radius 1 is 1.48 bits per heavy atom. The number of hydrogen-bond acceptors (Lipinski definition) is 3. The second kappa shape index (κ2) is 6.16. The van der Waals surface area contributed by atoms with Gasteiger partial charge in [-0.2, -0.15) is 0 Å². The quantitative estimate of drug-likeness (QED) is 0.883. The monoisotopic (exact) mass is 288 g/mol. The number of fused-ring (bicyclic) bond motifs is 1. The highest BCUT2D eigenvalue weighted by atomic mass is 16.5. The number of hydrogen-bond donors (Lipinski definition) is 2. The van der Waals surface area contributed by atoms with Crippen LogP contribution in [0.15, 0.2) is 24.3 Å². The standard InChI is InChI=1S/C17H24N2O2/c1-11-4-2-5-12(10-11)7-8-14(20)19-16-15(18)13-6-3-9-21-17(13)16/h2,4-5,10,13,15-17H,3,6-9,18H2,1H3,(H,19,20). The van der Waals surface area contributed by atoms with E-state index in [4.69, 9.17) is 10.5 Å². The molecule has 21 heavy (non-hydrogen) atoms. The molecule has 1 aliphatic heterocycles. The van der Waals surface area contributed by atoms with Gasteiger partial charge >= 0.3 is 0 Å². The highest BCUT2D eigenvalue weighted by Gasteiger charge is 2.50. The topological polar surface area (TPSA) is 64.4 Å². The summed E-state index contributed by atoms with van der Waals surface area (Å²) in [7, 11) is 0. The molecule has 0 radical (unpaired) electrons. The first-order valence-electron chi connectivity index (χ1n) is 7.87. The number of amides is 1. The van der Waals surface area contributed by atoms with Gasteiger partial charge in [-0.15, -0.1) is 0 Å². The number of rotatable bonds is 4. The fourth-order valence-electron chi connectivity index (χ4n) is 3.51. The summed E-state index contributed by atoms with van der Waals surface area (Å²) in [6.45, 7) is 2.86. The van der Waals surface area contributed by atoms with E-state index in [9.17, 15) is 4.79 Å². The molecular formula is C17H24N2O2. The molecule has 2 aliphatic rings. The minimum absolute atomic E-state index is 0.000287. The smallest absolute Gasteiger partial charge is 0.220 e. The Morgan fingerprint density at radius 2 is 2.33 bits per heavy atom. The van der Waals surface area contributed by atoms with Crippen molar-refractivity contribution in [3.63, 3.8) is 0 Å². The molecule has 3 N–H and O–H groups in total. The number of aryl methyl sites for hydroxylation is 2. The first-order chi connectivity index (χ1) is 10.1. The van der Waals surface area contributed by atoms with Gasteiger partial charge in [0.15, 0.2) is 0 Å². The first kappa shape index (κ1) is 14.5. The van der Waals surface area contributed by atoms with Gasteiger partial charge in [0, 0.05) is 25.0 Å². The summed E-state index contributed by atoms with van der Waals surface area (Å²) < 4.78 is 5.74. The third-order valence-electron chi connectivity index (χ3n) is 4.73. The van der Waals surface area contributed by atoms with E-state index in [1.165, 1.54) is 11.1 Å². The summed E-state index contributed by atoms with van der Waals surface area (Å²) in [6.07, 6.45) is 3.62. The maximum Gasteiger partial charge on any atom is 0.220 e. The van der Waals surface area contributed by atoms with Gasteiger partial charge in [0.25, 0.3) is 0 Å². The van der Waals surface area contributed by atoms with Crippen LogP contribution in [0.25, 0.3) is 0 Å². The predicted octanol–water partition coefficient (Wildman–Crippen LogP) is 1.55. The molecular weight excluding hydrogens is 264 g/mol. The maximum absolute atomic E-state index is 12.1. The van der Waals surface area contributed by atoms with Crippen molar-refractivity contribution < 1.29 is 9.53 Å². The molecule has 1 heterocycles. The Labute approximate surface area is 126 Å². The molecule has 3 rings (SSSR count). The number of benzene rings is 1. The van der Waals surface area contributed by atoms with Crippen LogP contribution in [0.3, 0.4) is 0 Å². The SMILES string of the molecule is Cc1cccc(CCC(=O)NC2C(N)C3CCCOC32)c1. The lowest BCUT2D eigenvalue weighted by Gasteiger charge is -2.52. The van der Waals surface area contributed by atoms with Gasteiger partial charge in [-0.25, -0.2) is 0 Å². The number of ether oxygens (including phenoxy) is 1. The zero-order valence-electron chi connectivity index (χ0n) is 12.5. The van der Waals surface area contributed by atoms with Crippen LogP contribution >= 0.6 is 0 Å². The zero-order chi connectivity index (χ0) is 14.8. The lowest BCUT2D eigenvalue weighted by Crippen LogP contribution is -2.72. The van der Waals surface area contributed by atoms with Crippen LogP contribution in [0, 0.1) is 12.8 Å². The average molecular weight is 288 g/mol. The van der Waals surface area contributed by atoms with Gasteiger partial charge in [0.05, 0.1) is 12.1 Å². The van der Waals surface area contributed by atoms with E-state index < -0.39 is 0 Å². The van der Waals surface area contributed by atoms with Crippen LogP contribution in [0.4, 0.5) is 0 Å². The minimum atomic E-state index is 0.000287. The molecule has 4 nitrogen and oxygen atoms in total. The Kier molecular flexibility index (Phi) is 4.27. The van der Waals surface area contributed by atoms with Gasteiger partial charge in [-0.05, 0) is 31.7 Å². The Hall–Kier alpha value is -1.39. The lowest BCUT2D eigenvalue weighted by atomic mass is 9.68. The van der Waals surface area contributed by atoms with E-state index in [0.717, 1.165) is 25.9 Å². The van der Waals surface area contributed by atoms with Crippen molar-refractivity contribution in [1.82, 2.24) is 5.32 Å². The number of carbonyl (C=O) groups is 1. The van der Waals surface area contributed by atoms with Crippen LogP contribution < -0.4 is 11.1 Å². The molecule has 1 saturated carbocycles. The average Bonchev–Trinajstić information content (AvgIpc) is 2.50. The van der Waals surface area contributed by atoms with Crippen molar-refractivity contribution in [2.24, 2.45) is 11.7 Å². The van der Waals surface area contributed by atoms with Crippen LogP contribution in [0.2, 0.25) is 0 Å². The predicted molar refractivity (Wildman–Crippen MR) is 81.9 cm³/mol. The summed E-state index contributed by atoms with van der Waals surface area (Å²) in [5.41, 5.74) is 8.59. The van der Waals surface area contributed by atoms with Crippen LogP contribution in [-0.4, -0.2) is 30.7 Å². The summed E-state index contributed by atoms with van der Waals surface area (Å²) in [5, 5.41) is 3.06. The summed E-state index contributed by atoms with van der Waals surface area (Å²) in [6, 6.07) is 8.35. The summed E-state index contributed by atoms with van der Waals surface area (Å²) in [5.74, 6) is 0.505. The molecule has 4 unspecified atom stereocenters. The molecule has 0 bridgehead atoms. The molecule has 4 atom stereocenters. The van der Waals surface area contributed by atoms with Gasteiger partial charge < -0.3 is 15.8 Å². The molecule has 1 aliphatic carbocycles. The first-order valence-corrected chi connectivity index (χ1v) is 7.87. The third-order valence-corrected chi connectivity index (χ3v) is 4.73. The molecule has 1 amide bonds. The Morgan fingerprint density at radius 3 is 3.14 bits per heavy atom. The molecule has 0 aromatic heterocycles. The highest BCUT2D eigenvalue weighted by Crippen LogP contribution is 2.36. The van der Waals surface area contributed by atoms with Crippen LogP contribution in [0.1, 0.15) is 30.4 Å². The largest absolute Gasteiger partial charge is 0.376 e. The van der Waals surface area contributed by atoms with Crippen LogP contribution in [0.5, 0.6) is 0 Å². The lowest BCUT2D eigenvalue weighted by molar-refractivity contribution is -0.139. The highest BCUT2D eigenvalue weighted by molar-refractivity contribution is 5.77. The maximum atomic E-state index is 12.1. The molecule has 1 aromatic carbocycles. The number of carbonyl (C=O) groups excluding carboxylic acids is 1. The Bertz CT molecular complexity index is 517. The molecule has 0 spiro atoms. The van der Waals surface area contributed by atoms with E-state index in [1.54, 1.807) is 0 Å². The van der Waals surface area contributed by atoms with Gasteiger partial charge in [-0.1, -0.05) is 29.8 Å². The second-order valence-corrected chi connectivity index (χ2v) is 6.30. The minimum Gasteiger partial charge on any atom is -0.376 e. The Balaban J connectivity index is 1.48. The second-order valence-electron chi connectivity index (χ2n) is 6.30. The van der Waals surface area contributed by atoms with E-state index in [1.807, 2.05) is 6.07 Å². The summed E-state index contributed by atoms with van der Waals surface area (Å²) in [4.78, 5) is 12.1. The molecule has 114 valence electrons. The van der Waals surface area contributed by atoms with E-state index in [2.05, 4.69) is 30.4 Å². The van der Waals surface area contributed by atoms with E-state index >= 15 is 0 Å². The zero-order valence-corrected chi connectivity index (χ0v) is 12.5. The van der Waals surface area contributed by atoms with Crippen molar-refractivity contribution in [1.29, 1.82) is 0 Å². The number of nitrogens with one attached hydrogen (secondary N) is 1.